The number of rotatable bonds is 4. The van der Waals surface area contributed by atoms with E-state index in [2.05, 4.69) is 15.6 Å². The molecule has 1 aliphatic carbocycles. The summed E-state index contributed by atoms with van der Waals surface area (Å²) in [4.78, 5) is 16.6. The van der Waals surface area contributed by atoms with Crippen molar-refractivity contribution in [1.29, 1.82) is 0 Å². The van der Waals surface area contributed by atoms with Crippen molar-refractivity contribution in [1.82, 2.24) is 4.98 Å². The van der Waals surface area contributed by atoms with E-state index in [1.165, 1.54) is 38.5 Å². The van der Waals surface area contributed by atoms with Gasteiger partial charge in [0.15, 0.2) is 0 Å². The molecule has 0 radical (unpaired) electrons. The smallest absolute Gasteiger partial charge is 0.257 e. The van der Waals surface area contributed by atoms with Gasteiger partial charge in [-0.3, -0.25) is 9.78 Å². The van der Waals surface area contributed by atoms with Crippen LogP contribution in [0.3, 0.4) is 0 Å². The molecule has 1 heterocycles. The predicted octanol–water partition coefficient (Wildman–Crippen LogP) is 5.12. The van der Waals surface area contributed by atoms with Gasteiger partial charge in [-0.15, -0.1) is 0 Å². The number of hydrogen-bond acceptors (Lipinski definition) is 3. The number of nitrogens with zero attached hydrogens (tertiary/aromatic N) is 1. The zero-order valence-corrected chi connectivity index (χ0v) is 14.4. The highest BCUT2D eigenvalue weighted by molar-refractivity contribution is 6.33. The number of pyridine rings is 1. The molecular weight excluding hydrogens is 322 g/mol. The van der Waals surface area contributed by atoms with E-state index in [-0.39, 0.29) is 5.91 Å². The Morgan fingerprint density at radius 3 is 2.58 bits per heavy atom. The summed E-state index contributed by atoms with van der Waals surface area (Å²) < 4.78 is 0. The molecule has 24 heavy (non-hydrogen) atoms. The summed E-state index contributed by atoms with van der Waals surface area (Å²) in [5.74, 6) is -0.208. The van der Waals surface area contributed by atoms with Crippen LogP contribution >= 0.6 is 11.6 Å². The Morgan fingerprint density at radius 1 is 1.08 bits per heavy atom. The summed E-state index contributed by atoms with van der Waals surface area (Å²) in [5, 5.41) is 6.87. The monoisotopic (exact) mass is 343 g/mol. The molecule has 4 nitrogen and oxygen atoms in total. The molecule has 0 atom stereocenters. The molecule has 0 saturated heterocycles. The van der Waals surface area contributed by atoms with Gasteiger partial charge in [-0.2, -0.15) is 0 Å². The number of halogens is 1. The van der Waals surface area contributed by atoms with E-state index in [9.17, 15) is 4.79 Å². The first-order chi connectivity index (χ1) is 11.7. The van der Waals surface area contributed by atoms with Crippen LogP contribution in [0, 0.1) is 0 Å². The van der Waals surface area contributed by atoms with Gasteiger partial charge >= 0.3 is 0 Å². The average molecular weight is 344 g/mol. The summed E-state index contributed by atoms with van der Waals surface area (Å²) in [6.07, 6.45) is 10.9. The number of aromatic nitrogens is 1. The quantitative estimate of drug-likeness (QED) is 0.757. The highest BCUT2D eigenvalue weighted by atomic mass is 35.5. The molecule has 0 unspecified atom stereocenters. The van der Waals surface area contributed by atoms with E-state index in [4.69, 9.17) is 11.6 Å². The summed E-state index contributed by atoms with van der Waals surface area (Å²) in [5.41, 5.74) is 2.02. The van der Waals surface area contributed by atoms with Gasteiger partial charge in [0.1, 0.15) is 0 Å². The van der Waals surface area contributed by atoms with Crippen LogP contribution in [0.4, 0.5) is 11.4 Å². The zero-order valence-electron chi connectivity index (χ0n) is 13.6. The second kappa shape index (κ2) is 8.15. The standard InChI is InChI=1S/C19H22ClN3O/c20-17-9-5-6-10-18(17)23-19(24)14-11-16(13-21-12-14)22-15-7-3-1-2-4-8-15/h5-6,9-13,15,22H,1-4,7-8H2,(H,23,24). The Labute approximate surface area is 147 Å². The molecule has 5 heteroatoms. The van der Waals surface area contributed by atoms with E-state index < -0.39 is 0 Å². The van der Waals surface area contributed by atoms with E-state index in [0.29, 0.717) is 22.3 Å². The third-order valence-electron chi connectivity index (χ3n) is 4.35. The Morgan fingerprint density at radius 2 is 1.83 bits per heavy atom. The molecule has 1 aromatic carbocycles. The topological polar surface area (TPSA) is 54.0 Å². The molecule has 1 aromatic heterocycles. The number of hydrogen-bond donors (Lipinski definition) is 2. The fourth-order valence-electron chi connectivity index (χ4n) is 3.06. The van der Waals surface area contributed by atoms with Crippen molar-refractivity contribution >= 4 is 28.9 Å². The molecule has 1 aliphatic rings. The molecule has 1 fully saturated rings. The van der Waals surface area contributed by atoms with Gasteiger partial charge in [-0.25, -0.2) is 0 Å². The molecule has 2 aromatic rings. The lowest BCUT2D eigenvalue weighted by Gasteiger charge is -2.17. The normalized spacial score (nSPS) is 15.5. The lowest BCUT2D eigenvalue weighted by Crippen LogP contribution is -2.19. The van der Waals surface area contributed by atoms with Gasteiger partial charge in [0.2, 0.25) is 0 Å². The minimum Gasteiger partial charge on any atom is -0.381 e. The fourth-order valence-corrected chi connectivity index (χ4v) is 3.24. The van der Waals surface area contributed by atoms with Crippen LogP contribution in [-0.4, -0.2) is 16.9 Å². The van der Waals surface area contributed by atoms with Gasteiger partial charge < -0.3 is 10.6 Å². The lowest BCUT2D eigenvalue weighted by molar-refractivity contribution is 0.102. The number of carbonyl (C=O) groups excluding carboxylic acids is 1. The number of amides is 1. The van der Waals surface area contributed by atoms with Crippen LogP contribution in [0.2, 0.25) is 5.02 Å². The second-order valence-electron chi connectivity index (χ2n) is 6.23. The first-order valence-corrected chi connectivity index (χ1v) is 8.87. The first-order valence-electron chi connectivity index (χ1n) is 8.50. The molecule has 0 bridgehead atoms. The Hall–Kier alpha value is -2.07. The first kappa shape index (κ1) is 16.8. The van der Waals surface area contributed by atoms with Crippen molar-refractivity contribution < 1.29 is 4.79 Å². The van der Waals surface area contributed by atoms with Gasteiger partial charge in [0.05, 0.1) is 22.0 Å². The Kier molecular flexibility index (Phi) is 5.70. The number of anilines is 2. The van der Waals surface area contributed by atoms with E-state index in [1.807, 2.05) is 18.2 Å². The van der Waals surface area contributed by atoms with Gasteiger partial charge in [-0.05, 0) is 31.0 Å². The average Bonchev–Trinajstić information content (AvgIpc) is 2.86. The third kappa shape index (κ3) is 4.48. The lowest BCUT2D eigenvalue weighted by atomic mass is 10.1. The number of benzene rings is 1. The van der Waals surface area contributed by atoms with Crippen molar-refractivity contribution in [3.8, 4) is 0 Å². The molecule has 1 amide bonds. The molecule has 2 N–H and O–H groups in total. The zero-order chi connectivity index (χ0) is 16.8. The van der Waals surface area contributed by atoms with Crippen LogP contribution < -0.4 is 10.6 Å². The van der Waals surface area contributed by atoms with Gasteiger partial charge in [0, 0.05) is 18.4 Å². The Balaban J connectivity index is 1.68. The molecule has 1 saturated carbocycles. The van der Waals surface area contributed by atoms with E-state index in [1.54, 1.807) is 24.5 Å². The number of carbonyl (C=O) groups is 1. The highest BCUT2D eigenvalue weighted by Gasteiger charge is 2.14. The fraction of sp³-hybridized carbons (Fsp3) is 0.368. The number of para-hydroxylation sites is 1. The van der Waals surface area contributed by atoms with Crippen molar-refractivity contribution in [3.63, 3.8) is 0 Å². The van der Waals surface area contributed by atoms with Crippen molar-refractivity contribution in [2.24, 2.45) is 0 Å². The highest BCUT2D eigenvalue weighted by Crippen LogP contribution is 2.23. The van der Waals surface area contributed by atoms with Crippen LogP contribution in [0.5, 0.6) is 0 Å². The van der Waals surface area contributed by atoms with Crippen LogP contribution in [-0.2, 0) is 0 Å². The molecule has 0 spiro atoms. The summed E-state index contributed by atoms with van der Waals surface area (Å²) in [6.45, 7) is 0. The largest absolute Gasteiger partial charge is 0.381 e. The maximum atomic E-state index is 12.4. The van der Waals surface area contributed by atoms with Crippen LogP contribution in [0.15, 0.2) is 42.7 Å². The second-order valence-corrected chi connectivity index (χ2v) is 6.64. The maximum absolute atomic E-state index is 12.4. The number of nitrogens with one attached hydrogen (secondary N) is 2. The minimum atomic E-state index is -0.208. The van der Waals surface area contributed by atoms with Gasteiger partial charge in [-0.1, -0.05) is 49.4 Å². The predicted molar refractivity (Wildman–Crippen MR) is 98.8 cm³/mol. The van der Waals surface area contributed by atoms with Gasteiger partial charge in [0.25, 0.3) is 5.91 Å². The minimum absolute atomic E-state index is 0.208. The van der Waals surface area contributed by atoms with Crippen molar-refractivity contribution in [2.45, 2.75) is 44.6 Å². The summed E-state index contributed by atoms with van der Waals surface area (Å²) in [7, 11) is 0. The summed E-state index contributed by atoms with van der Waals surface area (Å²) in [6, 6.07) is 9.52. The molecule has 0 aliphatic heterocycles. The summed E-state index contributed by atoms with van der Waals surface area (Å²) >= 11 is 6.09. The maximum Gasteiger partial charge on any atom is 0.257 e. The van der Waals surface area contributed by atoms with Crippen LogP contribution in [0.25, 0.3) is 0 Å². The van der Waals surface area contributed by atoms with E-state index >= 15 is 0 Å². The van der Waals surface area contributed by atoms with Crippen molar-refractivity contribution in [3.05, 3.63) is 53.3 Å². The van der Waals surface area contributed by atoms with Crippen LogP contribution in [0.1, 0.15) is 48.9 Å². The van der Waals surface area contributed by atoms with Crippen molar-refractivity contribution in [2.75, 3.05) is 10.6 Å². The Bertz CT molecular complexity index is 697. The third-order valence-corrected chi connectivity index (χ3v) is 4.68. The molecule has 3 rings (SSSR count). The molecular formula is C19H22ClN3O. The molecule has 126 valence electrons. The van der Waals surface area contributed by atoms with E-state index in [0.717, 1.165) is 5.69 Å². The SMILES string of the molecule is O=C(Nc1ccccc1Cl)c1cncc(NC2CCCCCC2)c1.